The number of halogens is 2. The van der Waals surface area contributed by atoms with Crippen molar-refractivity contribution in [3.8, 4) is 11.5 Å². The molecule has 8 heteroatoms. The van der Waals surface area contributed by atoms with Crippen LogP contribution in [0.3, 0.4) is 0 Å². The van der Waals surface area contributed by atoms with Crippen LogP contribution in [0.5, 0.6) is 11.5 Å². The molecule has 152 valence electrons. The van der Waals surface area contributed by atoms with Crippen molar-refractivity contribution in [2.45, 2.75) is 26.5 Å². The summed E-state index contributed by atoms with van der Waals surface area (Å²) < 4.78 is 12.7. The average molecular weight is 434 g/mol. The molecule has 0 aliphatic heterocycles. The molecule has 0 atom stereocenters. The van der Waals surface area contributed by atoms with Crippen LogP contribution in [0.25, 0.3) is 0 Å². The molecule has 0 aliphatic carbocycles. The molecule has 1 N–H and O–H groups in total. The van der Waals surface area contributed by atoms with Crippen molar-refractivity contribution in [2.75, 3.05) is 12.4 Å². The third-order valence-corrected chi connectivity index (χ3v) is 4.73. The summed E-state index contributed by atoms with van der Waals surface area (Å²) in [7, 11) is 1.50. The van der Waals surface area contributed by atoms with E-state index in [4.69, 9.17) is 32.7 Å². The van der Waals surface area contributed by atoms with Gasteiger partial charge in [-0.05, 0) is 37.6 Å². The maximum Gasteiger partial charge on any atom is 0.257 e. The lowest BCUT2D eigenvalue weighted by Gasteiger charge is -2.16. The number of aromatic nitrogens is 2. The van der Waals surface area contributed by atoms with Crippen molar-refractivity contribution >= 4 is 34.9 Å². The van der Waals surface area contributed by atoms with Gasteiger partial charge in [0.05, 0.1) is 31.0 Å². The smallest absolute Gasteiger partial charge is 0.257 e. The topological polar surface area (TPSA) is 65.4 Å². The lowest BCUT2D eigenvalue weighted by molar-refractivity contribution is 0.102. The van der Waals surface area contributed by atoms with Crippen molar-refractivity contribution in [2.24, 2.45) is 0 Å². The first-order valence-electron chi connectivity index (χ1n) is 8.99. The second-order valence-corrected chi connectivity index (χ2v) is 7.39. The minimum atomic E-state index is -0.345. The molecule has 0 aliphatic rings. The van der Waals surface area contributed by atoms with Crippen molar-refractivity contribution in [1.82, 2.24) is 9.78 Å². The minimum Gasteiger partial charge on any atom is -0.493 e. The number of carbonyl (C=O) groups excluding carboxylic acids is 1. The van der Waals surface area contributed by atoms with Gasteiger partial charge in [-0.2, -0.15) is 5.10 Å². The van der Waals surface area contributed by atoms with E-state index in [2.05, 4.69) is 10.4 Å². The highest BCUT2D eigenvalue weighted by molar-refractivity contribution is 6.33. The molecule has 3 rings (SSSR count). The second-order valence-electron chi connectivity index (χ2n) is 6.58. The summed E-state index contributed by atoms with van der Waals surface area (Å²) >= 11 is 12.5. The predicted molar refractivity (Wildman–Crippen MR) is 115 cm³/mol. The predicted octanol–water partition coefficient (Wildman–Crippen LogP) is 5.29. The highest BCUT2D eigenvalue weighted by Crippen LogP contribution is 2.37. The highest BCUT2D eigenvalue weighted by Gasteiger charge is 2.18. The van der Waals surface area contributed by atoms with Crippen molar-refractivity contribution in [3.05, 3.63) is 69.8 Å². The Morgan fingerprint density at radius 3 is 2.62 bits per heavy atom. The molecule has 2 aromatic carbocycles. The Bertz CT molecular complexity index is 1020. The fourth-order valence-corrected chi connectivity index (χ4v) is 3.19. The number of amides is 1. The molecule has 0 radical (unpaired) electrons. The Kier molecular flexibility index (Phi) is 6.67. The minimum absolute atomic E-state index is 0.0831. The van der Waals surface area contributed by atoms with Gasteiger partial charge in [0.25, 0.3) is 5.91 Å². The van der Waals surface area contributed by atoms with E-state index in [9.17, 15) is 4.79 Å². The average Bonchev–Trinajstić information content (AvgIpc) is 3.11. The molecule has 0 spiro atoms. The van der Waals surface area contributed by atoms with Crippen LogP contribution in [0, 0.1) is 0 Å². The number of ether oxygens (including phenoxy) is 2. The third kappa shape index (κ3) is 5.02. The Morgan fingerprint density at radius 2 is 1.93 bits per heavy atom. The lowest BCUT2D eigenvalue weighted by atomic mass is 10.2. The monoisotopic (exact) mass is 433 g/mol. The van der Waals surface area contributed by atoms with Gasteiger partial charge in [0.15, 0.2) is 11.5 Å². The molecule has 0 unspecified atom stereocenters. The highest BCUT2D eigenvalue weighted by atomic mass is 35.5. The van der Waals surface area contributed by atoms with Gasteiger partial charge in [-0.15, -0.1) is 0 Å². The van der Waals surface area contributed by atoms with E-state index in [0.717, 1.165) is 5.56 Å². The van der Waals surface area contributed by atoms with E-state index < -0.39 is 0 Å². The molecule has 3 aromatic rings. The van der Waals surface area contributed by atoms with Gasteiger partial charge in [0, 0.05) is 16.7 Å². The summed E-state index contributed by atoms with van der Waals surface area (Å²) in [5.74, 6) is 0.986. The van der Waals surface area contributed by atoms with Gasteiger partial charge < -0.3 is 14.8 Å². The zero-order valence-electron chi connectivity index (χ0n) is 16.3. The number of nitrogens with zero attached hydrogens (tertiary/aromatic N) is 2. The Hall–Kier alpha value is -2.70. The van der Waals surface area contributed by atoms with Crippen molar-refractivity contribution in [3.63, 3.8) is 0 Å². The van der Waals surface area contributed by atoms with Gasteiger partial charge in [-0.1, -0.05) is 41.4 Å². The summed E-state index contributed by atoms with van der Waals surface area (Å²) in [4.78, 5) is 12.8. The van der Waals surface area contributed by atoms with Crippen LogP contribution in [0.2, 0.25) is 10.0 Å². The number of anilines is 1. The number of benzene rings is 2. The molecular formula is C21H21Cl2N3O3. The fourth-order valence-electron chi connectivity index (χ4n) is 2.74. The zero-order valence-corrected chi connectivity index (χ0v) is 17.8. The Labute approximate surface area is 179 Å². The van der Waals surface area contributed by atoms with Crippen LogP contribution in [0.15, 0.2) is 48.7 Å². The van der Waals surface area contributed by atoms with Gasteiger partial charge >= 0.3 is 0 Å². The van der Waals surface area contributed by atoms with Gasteiger partial charge in [0.2, 0.25) is 0 Å². The Balaban J connectivity index is 1.82. The van der Waals surface area contributed by atoms with Crippen LogP contribution in [0.4, 0.5) is 5.82 Å². The van der Waals surface area contributed by atoms with Crippen LogP contribution in [-0.2, 0) is 6.54 Å². The molecular weight excluding hydrogens is 413 g/mol. The first-order chi connectivity index (χ1) is 13.9. The normalized spacial score (nSPS) is 10.8. The molecule has 0 fully saturated rings. The van der Waals surface area contributed by atoms with Crippen molar-refractivity contribution in [1.29, 1.82) is 0 Å². The molecule has 0 bridgehead atoms. The SMILES string of the molecule is COc1cc(C(=O)Nc2ccnn2Cc2ccccc2Cl)cc(Cl)c1OC(C)C. The van der Waals surface area contributed by atoms with E-state index in [0.29, 0.717) is 39.5 Å². The van der Waals surface area contributed by atoms with Crippen LogP contribution >= 0.6 is 23.2 Å². The van der Waals surface area contributed by atoms with E-state index >= 15 is 0 Å². The van der Waals surface area contributed by atoms with E-state index in [1.54, 1.807) is 29.1 Å². The number of rotatable bonds is 7. The zero-order chi connectivity index (χ0) is 21.0. The molecule has 29 heavy (non-hydrogen) atoms. The van der Waals surface area contributed by atoms with E-state index in [-0.39, 0.29) is 12.0 Å². The number of methoxy groups -OCH3 is 1. The summed E-state index contributed by atoms with van der Waals surface area (Å²) in [6, 6.07) is 12.3. The summed E-state index contributed by atoms with van der Waals surface area (Å²) in [5.41, 5.74) is 1.24. The van der Waals surface area contributed by atoms with E-state index in [1.807, 2.05) is 38.1 Å². The third-order valence-electron chi connectivity index (χ3n) is 4.08. The largest absolute Gasteiger partial charge is 0.493 e. The van der Waals surface area contributed by atoms with Gasteiger partial charge in [-0.3, -0.25) is 4.79 Å². The first kappa shape index (κ1) is 21.0. The first-order valence-corrected chi connectivity index (χ1v) is 9.75. The van der Waals surface area contributed by atoms with Crippen LogP contribution < -0.4 is 14.8 Å². The standard InChI is InChI=1S/C21H21Cl2N3O3/c1-13(2)29-20-17(23)10-15(11-18(20)28-3)21(27)25-19-8-9-24-26(19)12-14-6-4-5-7-16(14)22/h4-11,13H,12H2,1-3H3,(H,25,27). The summed E-state index contributed by atoms with van der Waals surface area (Å²) in [5, 5.41) is 8.05. The van der Waals surface area contributed by atoms with Gasteiger partial charge in [0.1, 0.15) is 5.82 Å². The van der Waals surface area contributed by atoms with Gasteiger partial charge in [-0.25, -0.2) is 4.68 Å². The quantitative estimate of drug-likeness (QED) is 0.549. The molecule has 1 heterocycles. The fraction of sp³-hybridized carbons (Fsp3) is 0.238. The van der Waals surface area contributed by atoms with Crippen LogP contribution in [-0.4, -0.2) is 28.9 Å². The number of carbonyl (C=O) groups is 1. The molecule has 6 nitrogen and oxygen atoms in total. The maximum atomic E-state index is 12.8. The number of hydrogen-bond donors (Lipinski definition) is 1. The Morgan fingerprint density at radius 1 is 1.17 bits per heavy atom. The molecule has 1 aromatic heterocycles. The number of hydrogen-bond acceptors (Lipinski definition) is 4. The second kappa shape index (κ2) is 9.20. The molecule has 0 saturated carbocycles. The molecule has 0 saturated heterocycles. The lowest BCUT2D eigenvalue weighted by Crippen LogP contribution is -2.17. The summed E-state index contributed by atoms with van der Waals surface area (Å²) in [6.07, 6.45) is 1.53. The number of nitrogens with one attached hydrogen (secondary N) is 1. The molecule has 1 amide bonds. The van der Waals surface area contributed by atoms with Crippen LogP contribution in [0.1, 0.15) is 29.8 Å². The van der Waals surface area contributed by atoms with Crippen molar-refractivity contribution < 1.29 is 14.3 Å². The van der Waals surface area contributed by atoms with E-state index in [1.165, 1.54) is 7.11 Å². The maximum absolute atomic E-state index is 12.8. The summed E-state index contributed by atoms with van der Waals surface area (Å²) in [6.45, 7) is 4.20.